The minimum Gasteiger partial charge on any atom is -0.355 e. The van der Waals surface area contributed by atoms with E-state index in [-0.39, 0.29) is 16.7 Å². The van der Waals surface area contributed by atoms with Gasteiger partial charge in [0.05, 0.1) is 10.2 Å². The third-order valence-electron chi connectivity index (χ3n) is 6.09. The summed E-state index contributed by atoms with van der Waals surface area (Å²) in [6, 6.07) is 4.17. The lowest BCUT2D eigenvalue weighted by atomic mass is 9.96. The van der Waals surface area contributed by atoms with Gasteiger partial charge >= 0.3 is 0 Å². The lowest BCUT2D eigenvalue weighted by Gasteiger charge is -2.31. The van der Waals surface area contributed by atoms with E-state index in [2.05, 4.69) is 25.0 Å². The van der Waals surface area contributed by atoms with Gasteiger partial charge in [-0.25, -0.2) is 22.8 Å². The molecule has 0 bridgehead atoms. The molecule has 1 fully saturated rings. The number of thiophene rings is 1. The van der Waals surface area contributed by atoms with Crippen LogP contribution in [0.4, 0.5) is 10.2 Å². The highest BCUT2D eigenvalue weighted by Crippen LogP contribution is 2.39. The average molecular weight is 502 g/mol. The summed E-state index contributed by atoms with van der Waals surface area (Å²) < 4.78 is 44.4. The first-order chi connectivity index (χ1) is 16.2. The molecule has 8 nitrogen and oxygen atoms in total. The van der Waals surface area contributed by atoms with Crippen LogP contribution in [0.15, 0.2) is 39.3 Å². The molecular weight excluding hydrogens is 477 g/mol. The summed E-state index contributed by atoms with van der Waals surface area (Å²) in [6.07, 6.45) is 4.27. The van der Waals surface area contributed by atoms with E-state index in [1.54, 1.807) is 6.07 Å². The summed E-state index contributed by atoms with van der Waals surface area (Å²) in [5, 5.41) is 6.00. The summed E-state index contributed by atoms with van der Waals surface area (Å²) in [7, 11) is -3.63. The van der Waals surface area contributed by atoms with Crippen LogP contribution in [-0.2, 0) is 9.84 Å². The fraction of sp³-hybridized carbons (Fsp3) is 0.391. The predicted octanol–water partition coefficient (Wildman–Crippen LogP) is 4.79. The van der Waals surface area contributed by atoms with Gasteiger partial charge in [0.15, 0.2) is 15.7 Å². The van der Waals surface area contributed by atoms with Crippen LogP contribution in [-0.4, -0.2) is 47.9 Å². The summed E-state index contributed by atoms with van der Waals surface area (Å²) in [4.78, 5) is 15.5. The van der Waals surface area contributed by atoms with Gasteiger partial charge in [-0.1, -0.05) is 25.1 Å². The molecule has 1 saturated heterocycles. The Balaban J connectivity index is 1.40. The molecule has 0 N–H and O–H groups in total. The Bertz CT molecular complexity index is 1460. The van der Waals surface area contributed by atoms with Crippen LogP contribution >= 0.6 is 11.3 Å². The summed E-state index contributed by atoms with van der Waals surface area (Å²) in [5.74, 6) is 1.98. The third-order valence-corrected chi connectivity index (χ3v) is 8.19. The molecule has 34 heavy (non-hydrogen) atoms. The van der Waals surface area contributed by atoms with Gasteiger partial charge in [-0.05, 0) is 30.5 Å². The van der Waals surface area contributed by atoms with Crippen molar-refractivity contribution in [3.63, 3.8) is 0 Å². The van der Waals surface area contributed by atoms with Crippen molar-refractivity contribution in [2.24, 2.45) is 0 Å². The Hall–Kier alpha value is -2.92. The van der Waals surface area contributed by atoms with Gasteiger partial charge in [-0.3, -0.25) is 0 Å². The van der Waals surface area contributed by atoms with E-state index in [4.69, 9.17) is 4.52 Å². The Labute approximate surface area is 200 Å². The summed E-state index contributed by atoms with van der Waals surface area (Å²) in [6.45, 7) is 5.67. The molecule has 1 aliphatic heterocycles. The van der Waals surface area contributed by atoms with Gasteiger partial charge in [0.2, 0.25) is 5.89 Å². The van der Waals surface area contributed by atoms with E-state index in [0.717, 1.165) is 59.6 Å². The topological polar surface area (TPSA) is 102 Å². The zero-order valence-corrected chi connectivity index (χ0v) is 20.7. The van der Waals surface area contributed by atoms with Crippen LogP contribution in [0.1, 0.15) is 50.2 Å². The molecule has 0 radical (unpaired) electrons. The molecule has 1 aromatic carbocycles. The van der Waals surface area contributed by atoms with Gasteiger partial charge < -0.3 is 9.42 Å². The van der Waals surface area contributed by atoms with Gasteiger partial charge in [-0.2, -0.15) is 4.98 Å². The van der Waals surface area contributed by atoms with Crippen molar-refractivity contribution in [3.05, 3.63) is 47.4 Å². The average Bonchev–Trinajstić information content (AvgIpc) is 3.46. The normalized spacial score (nSPS) is 15.5. The molecule has 4 heterocycles. The fourth-order valence-electron chi connectivity index (χ4n) is 4.22. The maximum Gasteiger partial charge on any atom is 0.229 e. The molecule has 11 heteroatoms. The molecule has 0 amide bonds. The Morgan fingerprint density at radius 3 is 2.62 bits per heavy atom. The van der Waals surface area contributed by atoms with Crippen LogP contribution < -0.4 is 4.90 Å². The van der Waals surface area contributed by atoms with Crippen molar-refractivity contribution >= 4 is 37.2 Å². The minimum atomic E-state index is -3.63. The van der Waals surface area contributed by atoms with E-state index >= 15 is 0 Å². The van der Waals surface area contributed by atoms with Crippen LogP contribution in [0.2, 0.25) is 0 Å². The number of anilines is 1. The number of hydrogen-bond donors (Lipinski definition) is 0. The molecule has 0 atom stereocenters. The second-order valence-corrected chi connectivity index (χ2v) is 11.7. The number of halogens is 1. The van der Waals surface area contributed by atoms with E-state index in [9.17, 15) is 12.8 Å². The maximum atomic E-state index is 14.5. The lowest BCUT2D eigenvalue weighted by molar-refractivity contribution is 0.326. The molecule has 3 aromatic heterocycles. The van der Waals surface area contributed by atoms with Crippen LogP contribution in [0.5, 0.6) is 0 Å². The number of sulfone groups is 1. The molecule has 0 aliphatic carbocycles. The van der Waals surface area contributed by atoms with E-state index in [1.807, 2.05) is 19.2 Å². The molecule has 0 unspecified atom stereocenters. The smallest absolute Gasteiger partial charge is 0.229 e. The summed E-state index contributed by atoms with van der Waals surface area (Å²) in [5.41, 5.74) is 2.06. The second kappa shape index (κ2) is 8.70. The van der Waals surface area contributed by atoms with E-state index < -0.39 is 15.7 Å². The quantitative estimate of drug-likeness (QED) is 0.385. The van der Waals surface area contributed by atoms with E-state index in [1.165, 1.54) is 29.8 Å². The first-order valence-electron chi connectivity index (χ1n) is 11.0. The zero-order valence-electron chi connectivity index (χ0n) is 19.0. The SMILES string of the molecule is CC(C)c1noc(C2CCN(c3ncnc4c(-c5ccc(S(C)(=O)=O)c(F)c5)csc34)CC2)n1. The maximum absolute atomic E-state index is 14.5. The van der Waals surface area contributed by atoms with Crippen molar-refractivity contribution in [1.29, 1.82) is 0 Å². The van der Waals surface area contributed by atoms with Gasteiger partial charge in [-0.15, -0.1) is 11.3 Å². The Morgan fingerprint density at radius 2 is 1.97 bits per heavy atom. The highest BCUT2D eigenvalue weighted by atomic mass is 32.2. The Morgan fingerprint density at radius 1 is 1.21 bits per heavy atom. The number of benzene rings is 1. The van der Waals surface area contributed by atoms with Gasteiger partial charge in [0.25, 0.3) is 0 Å². The highest BCUT2D eigenvalue weighted by molar-refractivity contribution is 7.90. The van der Waals surface area contributed by atoms with Gasteiger partial charge in [0.1, 0.15) is 22.9 Å². The predicted molar refractivity (Wildman–Crippen MR) is 128 cm³/mol. The molecule has 4 aromatic rings. The number of fused-ring (bicyclic) bond motifs is 1. The first kappa shape index (κ1) is 22.9. The number of aromatic nitrogens is 4. The van der Waals surface area contributed by atoms with Crippen LogP contribution in [0.3, 0.4) is 0 Å². The second-order valence-electron chi connectivity index (χ2n) is 8.85. The molecule has 0 spiro atoms. The highest BCUT2D eigenvalue weighted by Gasteiger charge is 2.28. The standard InChI is InChI=1S/C23H24FN5O3S2/c1-13(2)21-27-23(32-28-21)14-6-8-29(9-7-14)22-20-19(25-12-26-22)16(11-33-20)15-4-5-18(17(24)10-15)34(3,30)31/h4-5,10-14H,6-9H2,1-3H3. The number of hydrogen-bond acceptors (Lipinski definition) is 9. The van der Waals surface area contributed by atoms with Crippen molar-refractivity contribution < 1.29 is 17.3 Å². The third kappa shape index (κ3) is 4.18. The molecule has 1 aliphatic rings. The van der Waals surface area contributed by atoms with Crippen molar-refractivity contribution in [2.45, 2.75) is 43.4 Å². The minimum absolute atomic E-state index is 0.226. The zero-order chi connectivity index (χ0) is 24.0. The number of piperidine rings is 1. The molecule has 0 saturated carbocycles. The largest absolute Gasteiger partial charge is 0.355 e. The Kier molecular flexibility index (Phi) is 5.85. The van der Waals surface area contributed by atoms with Crippen molar-refractivity contribution in [3.8, 4) is 11.1 Å². The number of nitrogens with zero attached hydrogens (tertiary/aromatic N) is 5. The first-order valence-corrected chi connectivity index (χ1v) is 13.8. The molecular formula is C23H24FN5O3S2. The lowest BCUT2D eigenvalue weighted by Crippen LogP contribution is -2.33. The van der Waals surface area contributed by atoms with Gasteiger partial charge in [0, 0.05) is 42.1 Å². The van der Waals surface area contributed by atoms with Crippen molar-refractivity contribution in [1.82, 2.24) is 20.1 Å². The van der Waals surface area contributed by atoms with Crippen molar-refractivity contribution in [2.75, 3.05) is 24.2 Å². The fourth-order valence-corrected chi connectivity index (χ4v) is 6.00. The van der Waals surface area contributed by atoms with Crippen LogP contribution in [0, 0.1) is 5.82 Å². The molecule has 178 valence electrons. The van der Waals surface area contributed by atoms with Crippen LogP contribution in [0.25, 0.3) is 21.3 Å². The summed E-state index contributed by atoms with van der Waals surface area (Å²) >= 11 is 1.50. The molecule has 5 rings (SSSR count). The monoisotopic (exact) mass is 501 g/mol. The van der Waals surface area contributed by atoms with E-state index in [0.29, 0.717) is 11.5 Å². The number of rotatable bonds is 5.